The molecule has 2 nitrogen and oxygen atoms in total. The summed E-state index contributed by atoms with van der Waals surface area (Å²) in [6.45, 7) is 3.25. The van der Waals surface area contributed by atoms with E-state index >= 15 is 0 Å². The van der Waals surface area contributed by atoms with Crippen LogP contribution in [0.4, 0.5) is 0 Å². The minimum Gasteiger partial charge on any atom is -0.464 e. The van der Waals surface area contributed by atoms with Crippen LogP contribution in [-0.4, -0.2) is 6.54 Å². The standard InChI is InChI=1S/C11H17NO/c1-2-9-6-7-11(13-9)10-5-3-4-8-12-10/h6-7,10,12H,2-5,8H2,1H3/t10-/m0/s1. The van der Waals surface area contributed by atoms with E-state index in [-0.39, 0.29) is 0 Å². The Balaban J connectivity index is 2.05. The Morgan fingerprint density at radius 3 is 3.00 bits per heavy atom. The number of hydrogen-bond acceptors (Lipinski definition) is 2. The highest BCUT2D eigenvalue weighted by Gasteiger charge is 2.17. The summed E-state index contributed by atoms with van der Waals surface area (Å²) in [5.74, 6) is 2.22. The Morgan fingerprint density at radius 1 is 1.46 bits per heavy atom. The third-order valence-electron chi connectivity index (χ3n) is 2.68. The molecule has 1 fully saturated rings. The van der Waals surface area contributed by atoms with E-state index in [1.165, 1.54) is 19.3 Å². The van der Waals surface area contributed by atoms with Crippen molar-refractivity contribution < 1.29 is 4.42 Å². The number of nitrogens with one attached hydrogen (secondary N) is 1. The van der Waals surface area contributed by atoms with E-state index in [2.05, 4.69) is 24.4 Å². The van der Waals surface area contributed by atoms with Crippen molar-refractivity contribution in [2.75, 3.05) is 6.54 Å². The molecule has 0 unspecified atom stereocenters. The van der Waals surface area contributed by atoms with E-state index in [1.807, 2.05) is 0 Å². The summed E-state index contributed by atoms with van der Waals surface area (Å²) >= 11 is 0. The van der Waals surface area contributed by atoms with Crippen molar-refractivity contribution in [3.8, 4) is 0 Å². The van der Waals surface area contributed by atoms with E-state index in [1.54, 1.807) is 0 Å². The number of furan rings is 1. The van der Waals surface area contributed by atoms with Gasteiger partial charge in [0, 0.05) is 6.42 Å². The molecule has 2 heterocycles. The van der Waals surface area contributed by atoms with Crippen molar-refractivity contribution in [1.29, 1.82) is 0 Å². The van der Waals surface area contributed by atoms with Gasteiger partial charge in [-0.3, -0.25) is 0 Å². The van der Waals surface area contributed by atoms with Gasteiger partial charge in [0.05, 0.1) is 6.04 Å². The smallest absolute Gasteiger partial charge is 0.121 e. The van der Waals surface area contributed by atoms with Crippen molar-refractivity contribution in [1.82, 2.24) is 5.32 Å². The zero-order valence-corrected chi connectivity index (χ0v) is 8.18. The monoisotopic (exact) mass is 179 g/mol. The number of aryl methyl sites for hydroxylation is 1. The molecular formula is C11H17NO. The third kappa shape index (κ3) is 1.94. The first-order chi connectivity index (χ1) is 6.40. The third-order valence-corrected chi connectivity index (χ3v) is 2.68. The van der Waals surface area contributed by atoms with Crippen molar-refractivity contribution >= 4 is 0 Å². The van der Waals surface area contributed by atoms with Crippen LogP contribution in [-0.2, 0) is 6.42 Å². The molecule has 0 radical (unpaired) electrons. The minimum atomic E-state index is 0.467. The Labute approximate surface area is 79.3 Å². The number of hydrogen-bond donors (Lipinski definition) is 1. The van der Waals surface area contributed by atoms with E-state index in [0.29, 0.717) is 6.04 Å². The van der Waals surface area contributed by atoms with Gasteiger partial charge < -0.3 is 9.73 Å². The maximum absolute atomic E-state index is 5.71. The Bertz CT molecular complexity index is 261. The van der Waals surface area contributed by atoms with Gasteiger partial charge in [-0.1, -0.05) is 13.3 Å². The highest BCUT2D eigenvalue weighted by molar-refractivity contribution is 5.11. The Hall–Kier alpha value is -0.760. The SMILES string of the molecule is CCc1ccc([C@@H]2CCCCN2)o1. The first-order valence-corrected chi connectivity index (χ1v) is 5.22. The van der Waals surface area contributed by atoms with Crippen LogP contribution in [0.15, 0.2) is 16.5 Å². The summed E-state index contributed by atoms with van der Waals surface area (Å²) in [5, 5.41) is 3.48. The van der Waals surface area contributed by atoms with Crippen LogP contribution in [0.1, 0.15) is 43.7 Å². The lowest BCUT2D eigenvalue weighted by molar-refractivity contribution is 0.340. The van der Waals surface area contributed by atoms with Gasteiger partial charge in [0.2, 0.25) is 0 Å². The molecule has 1 N–H and O–H groups in total. The summed E-state index contributed by atoms with van der Waals surface area (Å²) in [6.07, 6.45) is 4.83. The lowest BCUT2D eigenvalue weighted by atomic mass is 10.0. The van der Waals surface area contributed by atoms with Gasteiger partial charge in [0.1, 0.15) is 11.5 Å². The summed E-state index contributed by atoms with van der Waals surface area (Å²) in [6, 6.07) is 4.67. The van der Waals surface area contributed by atoms with Crippen LogP contribution in [0.5, 0.6) is 0 Å². The Morgan fingerprint density at radius 2 is 2.38 bits per heavy atom. The predicted molar refractivity (Wildman–Crippen MR) is 52.7 cm³/mol. The van der Waals surface area contributed by atoms with Crippen LogP contribution < -0.4 is 5.32 Å². The topological polar surface area (TPSA) is 25.2 Å². The van der Waals surface area contributed by atoms with Crippen LogP contribution in [0.25, 0.3) is 0 Å². The largest absolute Gasteiger partial charge is 0.464 e. The average Bonchev–Trinajstić information content (AvgIpc) is 2.67. The van der Waals surface area contributed by atoms with Crippen molar-refractivity contribution in [3.05, 3.63) is 23.7 Å². The molecule has 13 heavy (non-hydrogen) atoms. The maximum atomic E-state index is 5.71. The molecule has 1 aromatic rings. The second-order valence-corrected chi connectivity index (χ2v) is 3.66. The molecule has 2 rings (SSSR count). The molecule has 0 saturated carbocycles. The molecule has 1 saturated heterocycles. The van der Waals surface area contributed by atoms with Gasteiger partial charge in [-0.25, -0.2) is 0 Å². The molecule has 0 spiro atoms. The van der Waals surface area contributed by atoms with E-state index in [4.69, 9.17) is 4.42 Å². The van der Waals surface area contributed by atoms with Gasteiger partial charge in [-0.05, 0) is 31.5 Å². The number of rotatable bonds is 2. The molecule has 1 aliphatic heterocycles. The fourth-order valence-corrected chi connectivity index (χ4v) is 1.87. The summed E-state index contributed by atoms with van der Waals surface area (Å²) in [5.41, 5.74) is 0. The molecule has 1 aliphatic rings. The highest BCUT2D eigenvalue weighted by atomic mass is 16.3. The summed E-state index contributed by atoms with van der Waals surface area (Å²) in [7, 11) is 0. The minimum absolute atomic E-state index is 0.467. The van der Waals surface area contributed by atoms with Crippen LogP contribution in [0.2, 0.25) is 0 Å². The highest BCUT2D eigenvalue weighted by Crippen LogP contribution is 2.24. The van der Waals surface area contributed by atoms with Crippen molar-refractivity contribution in [2.45, 2.75) is 38.6 Å². The molecule has 0 aromatic carbocycles. The lowest BCUT2D eigenvalue weighted by Gasteiger charge is -2.21. The van der Waals surface area contributed by atoms with Gasteiger partial charge in [0.15, 0.2) is 0 Å². The molecule has 0 amide bonds. The normalized spacial score (nSPS) is 23.3. The van der Waals surface area contributed by atoms with Gasteiger partial charge in [0.25, 0.3) is 0 Å². The van der Waals surface area contributed by atoms with Gasteiger partial charge >= 0.3 is 0 Å². The second-order valence-electron chi connectivity index (χ2n) is 3.66. The van der Waals surface area contributed by atoms with Gasteiger partial charge in [-0.2, -0.15) is 0 Å². The lowest BCUT2D eigenvalue weighted by Crippen LogP contribution is -2.26. The van der Waals surface area contributed by atoms with Crippen LogP contribution >= 0.6 is 0 Å². The molecule has 0 bridgehead atoms. The molecule has 0 aliphatic carbocycles. The van der Waals surface area contributed by atoms with E-state index in [9.17, 15) is 0 Å². The molecule has 1 atom stereocenters. The van der Waals surface area contributed by atoms with E-state index < -0.39 is 0 Å². The maximum Gasteiger partial charge on any atom is 0.121 e. The zero-order valence-electron chi connectivity index (χ0n) is 8.18. The second kappa shape index (κ2) is 3.97. The zero-order chi connectivity index (χ0) is 9.10. The quantitative estimate of drug-likeness (QED) is 0.755. The molecule has 72 valence electrons. The summed E-state index contributed by atoms with van der Waals surface area (Å²) in [4.78, 5) is 0. The van der Waals surface area contributed by atoms with Crippen LogP contribution in [0, 0.1) is 0 Å². The first-order valence-electron chi connectivity index (χ1n) is 5.22. The summed E-state index contributed by atoms with van der Waals surface area (Å²) < 4.78 is 5.71. The van der Waals surface area contributed by atoms with E-state index in [0.717, 1.165) is 24.5 Å². The number of piperidine rings is 1. The fraction of sp³-hybridized carbons (Fsp3) is 0.636. The van der Waals surface area contributed by atoms with Crippen LogP contribution in [0.3, 0.4) is 0 Å². The predicted octanol–water partition coefficient (Wildman–Crippen LogP) is 2.66. The molecular weight excluding hydrogens is 162 g/mol. The van der Waals surface area contributed by atoms with Gasteiger partial charge in [-0.15, -0.1) is 0 Å². The average molecular weight is 179 g/mol. The van der Waals surface area contributed by atoms with Crippen molar-refractivity contribution in [3.63, 3.8) is 0 Å². The Kier molecular flexibility index (Phi) is 2.69. The fourth-order valence-electron chi connectivity index (χ4n) is 1.87. The first kappa shape index (κ1) is 8.82. The molecule has 2 heteroatoms. The molecule has 1 aromatic heterocycles. The van der Waals surface area contributed by atoms with Crippen molar-refractivity contribution in [2.24, 2.45) is 0 Å².